The molecule has 0 saturated heterocycles. The fraction of sp³-hybridized carbons (Fsp3) is 0.182. The van der Waals surface area contributed by atoms with Gasteiger partial charge in [-0.05, 0) is 43.2 Å². The van der Waals surface area contributed by atoms with Gasteiger partial charge in [0.05, 0.1) is 11.7 Å². The summed E-state index contributed by atoms with van der Waals surface area (Å²) in [5.74, 6) is -0.645. The molecule has 8 heteroatoms. The molecule has 3 heterocycles. The molecule has 0 unspecified atom stereocenters. The van der Waals surface area contributed by atoms with Gasteiger partial charge in [0.2, 0.25) is 0 Å². The lowest BCUT2D eigenvalue weighted by Crippen LogP contribution is -2.31. The first-order valence-electron chi connectivity index (χ1n) is 9.46. The number of carbonyl (C=O) groups excluding carboxylic acids is 1. The molecule has 1 amide bonds. The molecule has 0 aliphatic rings. The van der Waals surface area contributed by atoms with Crippen molar-refractivity contribution in [2.24, 2.45) is 0 Å². The summed E-state index contributed by atoms with van der Waals surface area (Å²) in [7, 11) is 0. The second-order valence-electron chi connectivity index (χ2n) is 7.19. The summed E-state index contributed by atoms with van der Waals surface area (Å²) in [4.78, 5) is 33.8. The number of aromatic amines is 1. The van der Waals surface area contributed by atoms with E-state index in [4.69, 9.17) is 0 Å². The Morgan fingerprint density at radius 2 is 1.97 bits per heavy atom. The molecule has 2 N–H and O–H groups in total. The Balaban J connectivity index is 1.69. The summed E-state index contributed by atoms with van der Waals surface area (Å²) in [6.45, 7) is 3.64. The molecular weight excluding hydrogens is 385 g/mol. The monoisotopic (exact) mass is 405 g/mol. The molecule has 0 aliphatic heterocycles. The summed E-state index contributed by atoms with van der Waals surface area (Å²) >= 11 is 0. The number of hydrogen-bond acceptors (Lipinski definition) is 4. The summed E-state index contributed by atoms with van der Waals surface area (Å²) in [5, 5.41) is 5.91. The van der Waals surface area contributed by atoms with E-state index in [-0.39, 0.29) is 23.7 Å². The Bertz CT molecular complexity index is 1280. The lowest BCUT2D eigenvalue weighted by atomic mass is 10.0. The molecule has 0 spiro atoms. The number of amides is 1. The first kappa shape index (κ1) is 19.5. The lowest BCUT2D eigenvalue weighted by molar-refractivity contribution is 0.0935. The van der Waals surface area contributed by atoms with E-state index in [1.54, 1.807) is 43.6 Å². The molecule has 4 aromatic rings. The molecule has 1 aromatic carbocycles. The maximum absolute atomic E-state index is 13.4. The number of nitrogens with zero attached hydrogens (tertiary/aromatic N) is 3. The topological polar surface area (TPSA) is 92.2 Å². The van der Waals surface area contributed by atoms with Gasteiger partial charge in [0, 0.05) is 42.2 Å². The van der Waals surface area contributed by atoms with Crippen LogP contribution in [-0.4, -0.2) is 25.5 Å². The number of H-pyrrole nitrogens is 1. The highest BCUT2D eigenvalue weighted by Crippen LogP contribution is 2.20. The standard InChI is InChI=1S/C22H20FN5O2/c1-13-12-24-8-7-18(13)22(30)26-19(15-3-5-16(23)6-4-15)10-17-11-21(29)28-20(25-17)9-14(2)27-28/h3-9,11-12,19,27H,10H2,1-2H3,(H,26,30)/t19-/m0/s1. The number of aryl methyl sites for hydroxylation is 2. The van der Waals surface area contributed by atoms with Gasteiger partial charge >= 0.3 is 0 Å². The predicted octanol–water partition coefficient (Wildman–Crippen LogP) is 2.89. The summed E-state index contributed by atoms with van der Waals surface area (Å²) < 4.78 is 14.8. The van der Waals surface area contributed by atoms with Crippen LogP contribution >= 0.6 is 0 Å². The molecule has 0 radical (unpaired) electrons. The molecule has 7 nitrogen and oxygen atoms in total. The normalized spacial score (nSPS) is 12.1. The number of benzene rings is 1. The molecule has 0 saturated carbocycles. The zero-order chi connectivity index (χ0) is 21.3. The van der Waals surface area contributed by atoms with Crippen molar-refractivity contribution in [3.05, 3.63) is 99.1 Å². The Morgan fingerprint density at radius 3 is 2.70 bits per heavy atom. The van der Waals surface area contributed by atoms with Crippen LogP contribution in [0.15, 0.2) is 59.7 Å². The molecule has 30 heavy (non-hydrogen) atoms. The number of hydrogen-bond donors (Lipinski definition) is 2. The van der Waals surface area contributed by atoms with Crippen LogP contribution in [0.2, 0.25) is 0 Å². The van der Waals surface area contributed by atoms with Gasteiger partial charge in [-0.1, -0.05) is 12.1 Å². The third kappa shape index (κ3) is 3.98. The van der Waals surface area contributed by atoms with Crippen LogP contribution in [0.5, 0.6) is 0 Å². The largest absolute Gasteiger partial charge is 0.345 e. The minimum absolute atomic E-state index is 0.239. The summed E-state index contributed by atoms with van der Waals surface area (Å²) in [6.07, 6.45) is 3.45. The van der Waals surface area contributed by atoms with Gasteiger partial charge in [0.15, 0.2) is 5.65 Å². The van der Waals surface area contributed by atoms with Gasteiger partial charge in [0.1, 0.15) is 5.82 Å². The van der Waals surface area contributed by atoms with Crippen molar-refractivity contribution in [2.45, 2.75) is 26.3 Å². The van der Waals surface area contributed by atoms with Crippen molar-refractivity contribution >= 4 is 11.6 Å². The number of fused-ring (bicyclic) bond motifs is 1. The van der Waals surface area contributed by atoms with E-state index < -0.39 is 6.04 Å². The van der Waals surface area contributed by atoms with Crippen LogP contribution in [0.4, 0.5) is 4.39 Å². The molecule has 0 aliphatic carbocycles. The van der Waals surface area contributed by atoms with Crippen LogP contribution in [0, 0.1) is 19.7 Å². The number of halogens is 1. The second-order valence-corrected chi connectivity index (χ2v) is 7.19. The van der Waals surface area contributed by atoms with E-state index in [0.717, 1.165) is 11.3 Å². The van der Waals surface area contributed by atoms with E-state index in [1.807, 2.05) is 6.92 Å². The van der Waals surface area contributed by atoms with Crippen molar-refractivity contribution in [1.29, 1.82) is 0 Å². The number of carbonyl (C=O) groups is 1. The third-order valence-corrected chi connectivity index (χ3v) is 4.89. The lowest BCUT2D eigenvalue weighted by Gasteiger charge is -2.20. The van der Waals surface area contributed by atoms with Gasteiger partial charge in [-0.15, -0.1) is 0 Å². The van der Waals surface area contributed by atoms with Crippen LogP contribution < -0.4 is 10.9 Å². The fourth-order valence-electron chi connectivity index (χ4n) is 3.39. The zero-order valence-electron chi connectivity index (χ0n) is 16.5. The van der Waals surface area contributed by atoms with E-state index in [0.29, 0.717) is 22.5 Å². The second kappa shape index (κ2) is 7.90. The number of pyridine rings is 1. The van der Waals surface area contributed by atoms with Crippen LogP contribution in [-0.2, 0) is 6.42 Å². The molecule has 0 fully saturated rings. The van der Waals surface area contributed by atoms with Crippen molar-refractivity contribution in [3.8, 4) is 0 Å². The Kier molecular flexibility index (Phi) is 5.14. The van der Waals surface area contributed by atoms with Crippen LogP contribution in [0.25, 0.3) is 5.65 Å². The SMILES string of the molecule is Cc1cc2nc(C[C@H](NC(=O)c3ccncc3C)c3ccc(F)cc3)cc(=O)n2[nH]1. The summed E-state index contributed by atoms with van der Waals surface area (Å²) in [5.41, 5.74) is 3.56. The minimum Gasteiger partial charge on any atom is -0.345 e. The Labute approximate surface area is 171 Å². The van der Waals surface area contributed by atoms with Crippen LogP contribution in [0.1, 0.15) is 38.9 Å². The smallest absolute Gasteiger partial charge is 0.272 e. The van der Waals surface area contributed by atoms with Gasteiger partial charge < -0.3 is 5.32 Å². The Hall–Kier alpha value is -3.81. The molecule has 1 atom stereocenters. The number of aromatic nitrogens is 4. The van der Waals surface area contributed by atoms with Crippen molar-refractivity contribution < 1.29 is 9.18 Å². The fourth-order valence-corrected chi connectivity index (χ4v) is 3.39. The van der Waals surface area contributed by atoms with E-state index in [9.17, 15) is 14.0 Å². The highest BCUT2D eigenvalue weighted by Gasteiger charge is 2.19. The molecule has 0 bridgehead atoms. The van der Waals surface area contributed by atoms with Gasteiger partial charge in [-0.3, -0.25) is 19.7 Å². The van der Waals surface area contributed by atoms with E-state index in [2.05, 4.69) is 20.4 Å². The average molecular weight is 405 g/mol. The van der Waals surface area contributed by atoms with Gasteiger partial charge in [-0.25, -0.2) is 13.9 Å². The van der Waals surface area contributed by atoms with E-state index >= 15 is 0 Å². The van der Waals surface area contributed by atoms with E-state index in [1.165, 1.54) is 22.7 Å². The number of nitrogens with one attached hydrogen (secondary N) is 2. The highest BCUT2D eigenvalue weighted by atomic mass is 19.1. The van der Waals surface area contributed by atoms with Crippen molar-refractivity contribution in [1.82, 2.24) is 24.9 Å². The molecule has 4 rings (SSSR count). The first-order valence-corrected chi connectivity index (χ1v) is 9.46. The maximum atomic E-state index is 13.4. The third-order valence-electron chi connectivity index (χ3n) is 4.89. The molecule has 3 aromatic heterocycles. The minimum atomic E-state index is -0.500. The van der Waals surface area contributed by atoms with Crippen LogP contribution in [0.3, 0.4) is 0 Å². The quantitative estimate of drug-likeness (QED) is 0.534. The number of rotatable bonds is 5. The zero-order valence-corrected chi connectivity index (χ0v) is 16.5. The molecular formula is C22H20FN5O2. The maximum Gasteiger partial charge on any atom is 0.272 e. The first-order chi connectivity index (χ1) is 14.4. The van der Waals surface area contributed by atoms with Gasteiger partial charge in [0.25, 0.3) is 11.5 Å². The average Bonchev–Trinajstić information content (AvgIpc) is 3.09. The Morgan fingerprint density at radius 1 is 1.20 bits per heavy atom. The van der Waals surface area contributed by atoms with Crippen molar-refractivity contribution in [3.63, 3.8) is 0 Å². The van der Waals surface area contributed by atoms with Gasteiger partial charge in [-0.2, -0.15) is 0 Å². The predicted molar refractivity (Wildman–Crippen MR) is 110 cm³/mol. The highest BCUT2D eigenvalue weighted by molar-refractivity contribution is 5.95. The summed E-state index contributed by atoms with van der Waals surface area (Å²) in [6, 6.07) is 10.3. The van der Waals surface area contributed by atoms with Crippen molar-refractivity contribution in [2.75, 3.05) is 0 Å². The molecule has 152 valence electrons.